The standard InChI is InChI=1S/C8H10FNO2.ClH/c9-6-3-1-2-5(8(6)12)7(10)4-11;/h1-3,7,11-12H,4,10H2;1H/t7-;/m0./s1. The predicted molar refractivity (Wildman–Crippen MR) is 49.3 cm³/mol. The molecule has 1 rings (SSSR count). The number of aliphatic hydroxyl groups is 1. The highest BCUT2D eigenvalue weighted by atomic mass is 35.5. The van der Waals surface area contributed by atoms with E-state index in [9.17, 15) is 4.39 Å². The van der Waals surface area contributed by atoms with Crippen molar-refractivity contribution < 1.29 is 14.6 Å². The topological polar surface area (TPSA) is 66.5 Å². The zero-order valence-corrected chi connectivity index (χ0v) is 7.59. The molecule has 74 valence electrons. The number of phenols is 1. The predicted octanol–water partition coefficient (Wildman–Crippen LogP) is 0.945. The van der Waals surface area contributed by atoms with Crippen molar-refractivity contribution in [1.29, 1.82) is 0 Å². The summed E-state index contributed by atoms with van der Waals surface area (Å²) < 4.78 is 12.7. The molecule has 0 heterocycles. The van der Waals surface area contributed by atoms with Gasteiger partial charge in [0.2, 0.25) is 0 Å². The Bertz CT molecular complexity index is 283. The first kappa shape index (κ1) is 12.2. The van der Waals surface area contributed by atoms with Gasteiger partial charge in [0.25, 0.3) is 0 Å². The van der Waals surface area contributed by atoms with Crippen molar-refractivity contribution in [3.05, 3.63) is 29.6 Å². The summed E-state index contributed by atoms with van der Waals surface area (Å²) >= 11 is 0. The van der Waals surface area contributed by atoms with E-state index in [0.29, 0.717) is 0 Å². The van der Waals surface area contributed by atoms with Crippen LogP contribution in [0.3, 0.4) is 0 Å². The Balaban J connectivity index is 0.00000144. The van der Waals surface area contributed by atoms with Crippen molar-refractivity contribution in [3.63, 3.8) is 0 Å². The van der Waals surface area contributed by atoms with E-state index in [0.717, 1.165) is 6.07 Å². The van der Waals surface area contributed by atoms with E-state index < -0.39 is 17.6 Å². The lowest BCUT2D eigenvalue weighted by molar-refractivity contribution is 0.264. The summed E-state index contributed by atoms with van der Waals surface area (Å²) in [6, 6.07) is 3.29. The van der Waals surface area contributed by atoms with Crippen molar-refractivity contribution >= 4 is 12.4 Å². The SMILES string of the molecule is Cl.N[C@@H](CO)c1cccc(F)c1O. The quantitative estimate of drug-likeness (QED) is 0.677. The summed E-state index contributed by atoms with van der Waals surface area (Å²) in [5.74, 6) is -1.21. The lowest BCUT2D eigenvalue weighted by Crippen LogP contribution is -2.14. The molecule has 1 aromatic carbocycles. The largest absolute Gasteiger partial charge is 0.505 e. The molecule has 1 atom stereocenters. The van der Waals surface area contributed by atoms with Gasteiger partial charge >= 0.3 is 0 Å². The van der Waals surface area contributed by atoms with E-state index >= 15 is 0 Å². The summed E-state index contributed by atoms with van der Waals surface area (Å²) in [7, 11) is 0. The summed E-state index contributed by atoms with van der Waals surface area (Å²) in [4.78, 5) is 0. The number of aromatic hydroxyl groups is 1. The summed E-state index contributed by atoms with van der Waals surface area (Å²) in [6.07, 6.45) is 0. The van der Waals surface area contributed by atoms with E-state index in [1.165, 1.54) is 12.1 Å². The van der Waals surface area contributed by atoms with Crippen LogP contribution >= 0.6 is 12.4 Å². The minimum absolute atomic E-state index is 0. The Kier molecular flexibility index (Phi) is 4.69. The molecule has 13 heavy (non-hydrogen) atoms. The third-order valence-corrected chi connectivity index (χ3v) is 1.61. The van der Waals surface area contributed by atoms with Gasteiger partial charge in [-0.3, -0.25) is 0 Å². The van der Waals surface area contributed by atoms with Crippen LogP contribution < -0.4 is 5.73 Å². The molecule has 0 fully saturated rings. The highest BCUT2D eigenvalue weighted by molar-refractivity contribution is 5.85. The van der Waals surface area contributed by atoms with E-state index in [-0.39, 0.29) is 24.6 Å². The lowest BCUT2D eigenvalue weighted by Gasteiger charge is -2.10. The van der Waals surface area contributed by atoms with Crippen LogP contribution in [0, 0.1) is 5.82 Å². The normalized spacial score (nSPS) is 11.9. The number of benzene rings is 1. The number of aliphatic hydroxyl groups excluding tert-OH is 1. The number of phenolic OH excluding ortho intramolecular Hbond substituents is 1. The average Bonchev–Trinajstić information content (AvgIpc) is 2.08. The van der Waals surface area contributed by atoms with Gasteiger partial charge in [-0.1, -0.05) is 12.1 Å². The molecule has 0 radical (unpaired) electrons. The van der Waals surface area contributed by atoms with Crippen LogP contribution in [0.25, 0.3) is 0 Å². The Morgan fingerprint density at radius 3 is 2.62 bits per heavy atom. The van der Waals surface area contributed by atoms with Crippen molar-refractivity contribution in [3.8, 4) is 5.75 Å². The van der Waals surface area contributed by atoms with Gasteiger partial charge in [-0.2, -0.15) is 0 Å². The first-order chi connectivity index (χ1) is 5.66. The highest BCUT2D eigenvalue weighted by Crippen LogP contribution is 2.24. The molecule has 0 aliphatic rings. The van der Waals surface area contributed by atoms with E-state index in [2.05, 4.69) is 0 Å². The second kappa shape index (κ2) is 5.01. The molecule has 4 N–H and O–H groups in total. The molecule has 0 bridgehead atoms. The molecule has 0 saturated carbocycles. The van der Waals surface area contributed by atoms with Crippen LogP contribution in [0.15, 0.2) is 18.2 Å². The first-order valence-electron chi connectivity index (χ1n) is 3.50. The van der Waals surface area contributed by atoms with Crippen LogP contribution in [0.5, 0.6) is 5.75 Å². The molecule has 0 aromatic heterocycles. The van der Waals surface area contributed by atoms with Crippen molar-refractivity contribution in [1.82, 2.24) is 0 Å². The molecule has 0 spiro atoms. The Hall–Kier alpha value is -0.840. The molecular formula is C8H11ClFNO2. The molecular weight excluding hydrogens is 197 g/mol. The molecule has 5 heteroatoms. The fourth-order valence-electron chi connectivity index (χ4n) is 0.930. The number of rotatable bonds is 2. The third kappa shape index (κ3) is 2.55. The monoisotopic (exact) mass is 207 g/mol. The highest BCUT2D eigenvalue weighted by Gasteiger charge is 2.12. The Labute approximate surface area is 81.4 Å². The van der Waals surface area contributed by atoms with Crippen molar-refractivity contribution in [2.75, 3.05) is 6.61 Å². The smallest absolute Gasteiger partial charge is 0.165 e. The van der Waals surface area contributed by atoms with E-state index in [1.807, 2.05) is 0 Å². The number of halogens is 2. The molecule has 0 aliphatic carbocycles. The zero-order chi connectivity index (χ0) is 9.14. The number of hydrogen-bond acceptors (Lipinski definition) is 3. The second-order valence-corrected chi connectivity index (χ2v) is 2.47. The maximum absolute atomic E-state index is 12.7. The number of nitrogens with two attached hydrogens (primary N) is 1. The summed E-state index contributed by atoms with van der Waals surface area (Å²) in [6.45, 7) is -0.322. The van der Waals surface area contributed by atoms with Gasteiger partial charge in [-0.15, -0.1) is 12.4 Å². The van der Waals surface area contributed by atoms with E-state index in [1.54, 1.807) is 0 Å². The molecule has 1 aromatic rings. The average molecular weight is 208 g/mol. The third-order valence-electron chi connectivity index (χ3n) is 1.61. The molecule has 0 aliphatic heterocycles. The van der Waals surface area contributed by atoms with Gasteiger partial charge in [0.15, 0.2) is 11.6 Å². The van der Waals surface area contributed by atoms with Gasteiger partial charge in [0.05, 0.1) is 12.6 Å². The van der Waals surface area contributed by atoms with Crippen LogP contribution in [-0.2, 0) is 0 Å². The number of para-hydroxylation sites is 1. The van der Waals surface area contributed by atoms with Crippen LogP contribution in [0.2, 0.25) is 0 Å². The minimum atomic E-state index is -0.735. The Morgan fingerprint density at radius 1 is 1.46 bits per heavy atom. The fourth-order valence-corrected chi connectivity index (χ4v) is 0.930. The van der Waals surface area contributed by atoms with Gasteiger partial charge in [0, 0.05) is 5.56 Å². The minimum Gasteiger partial charge on any atom is -0.505 e. The van der Waals surface area contributed by atoms with Crippen molar-refractivity contribution in [2.24, 2.45) is 5.73 Å². The van der Waals surface area contributed by atoms with Crippen LogP contribution in [-0.4, -0.2) is 16.8 Å². The first-order valence-corrected chi connectivity index (χ1v) is 3.50. The molecule has 0 unspecified atom stereocenters. The van der Waals surface area contributed by atoms with Gasteiger partial charge in [-0.25, -0.2) is 4.39 Å². The van der Waals surface area contributed by atoms with Gasteiger partial charge in [-0.05, 0) is 6.07 Å². The van der Waals surface area contributed by atoms with Gasteiger partial charge < -0.3 is 15.9 Å². The van der Waals surface area contributed by atoms with Crippen LogP contribution in [0.1, 0.15) is 11.6 Å². The molecule has 3 nitrogen and oxygen atoms in total. The number of hydrogen-bond donors (Lipinski definition) is 3. The lowest BCUT2D eigenvalue weighted by atomic mass is 10.1. The second-order valence-electron chi connectivity index (χ2n) is 2.47. The summed E-state index contributed by atoms with van der Waals surface area (Å²) in [5.41, 5.74) is 5.61. The maximum Gasteiger partial charge on any atom is 0.165 e. The molecule has 0 amide bonds. The Morgan fingerprint density at radius 2 is 2.08 bits per heavy atom. The van der Waals surface area contributed by atoms with Gasteiger partial charge in [0.1, 0.15) is 0 Å². The van der Waals surface area contributed by atoms with E-state index in [4.69, 9.17) is 15.9 Å². The van der Waals surface area contributed by atoms with Crippen LogP contribution in [0.4, 0.5) is 4.39 Å². The summed E-state index contributed by atoms with van der Waals surface area (Å²) in [5, 5.41) is 17.8. The van der Waals surface area contributed by atoms with Crippen molar-refractivity contribution in [2.45, 2.75) is 6.04 Å². The maximum atomic E-state index is 12.7. The fraction of sp³-hybridized carbons (Fsp3) is 0.250. The molecule has 0 saturated heterocycles. The zero-order valence-electron chi connectivity index (χ0n) is 6.77.